The van der Waals surface area contributed by atoms with E-state index in [2.05, 4.69) is 15.5 Å². The van der Waals surface area contributed by atoms with E-state index in [1.807, 2.05) is 12.1 Å². The van der Waals surface area contributed by atoms with Gasteiger partial charge in [0.2, 0.25) is 5.91 Å². The Kier molecular flexibility index (Phi) is 5.04. The number of rotatable bonds is 4. The van der Waals surface area contributed by atoms with Crippen LogP contribution in [0.3, 0.4) is 0 Å². The van der Waals surface area contributed by atoms with E-state index in [1.165, 1.54) is 12.1 Å². The topological polar surface area (TPSA) is 59.8 Å². The Balaban J connectivity index is 1.59. The van der Waals surface area contributed by atoms with Crippen molar-refractivity contribution in [3.8, 4) is 11.4 Å². The smallest absolute Gasteiger partial charge is 0.350 e. The van der Waals surface area contributed by atoms with E-state index < -0.39 is 17.8 Å². The standard InChI is InChI=1S/C20H16ClF3N4O/c21-15-7-2-1-4-13(15)11-25-19(29)16-8-9-17-26-27-18(28(16)17)12-5-3-6-14(10-12)20(22,23)24/h1-7,10,16H,8-9,11H2,(H,25,29). The first-order valence-electron chi connectivity index (χ1n) is 8.97. The van der Waals surface area contributed by atoms with Crippen LogP contribution in [0.1, 0.15) is 29.4 Å². The zero-order chi connectivity index (χ0) is 20.6. The van der Waals surface area contributed by atoms with Gasteiger partial charge in [-0.1, -0.05) is 41.9 Å². The number of nitrogens with one attached hydrogen (secondary N) is 1. The highest BCUT2D eigenvalue weighted by Crippen LogP contribution is 2.35. The van der Waals surface area contributed by atoms with Gasteiger partial charge in [-0.15, -0.1) is 10.2 Å². The van der Waals surface area contributed by atoms with E-state index in [4.69, 9.17) is 11.6 Å². The van der Waals surface area contributed by atoms with Gasteiger partial charge in [0.05, 0.1) is 5.56 Å². The average Bonchev–Trinajstić information content (AvgIpc) is 3.29. The number of benzene rings is 2. The minimum atomic E-state index is -4.46. The highest BCUT2D eigenvalue weighted by atomic mass is 35.5. The van der Waals surface area contributed by atoms with Crippen molar-refractivity contribution in [1.82, 2.24) is 20.1 Å². The second-order valence-electron chi connectivity index (χ2n) is 6.75. The van der Waals surface area contributed by atoms with E-state index in [-0.39, 0.29) is 23.8 Å². The molecule has 9 heteroatoms. The highest BCUT2D eigenvalue weighted by Gasteiger charge is 2.34. The lowest BCUT2D eigenvalue weighted by Gasteiger charge is -2.16. The second-order valence-corrected chi connectivity index (χ2v) is 7.16. The Labute approximate surface area is 169 Å². The molecular weight excluding hydrogens is 405 g/mol. The summed E-state index contributed by atoms with van der Waals surface area (Å²) in [6.07, 6.45) is -3.43. The molecule has 1 unspecified atom stereocenters. The highest BCUT2D eigenvalue weighted by molar-refractivity contribution is 6.31. The van der Waals surface area contributed by atoms with Gasteiger partial charge in [-0.05, 0) is 30.2 Å². The maximum Gasteiger partial charge on any atom is 0.416 e. The summed E-state index contributed by atoms with van der Waals surface area (Å²) in [4.78, 5) is 12.8. The van der Waals surface area contributed by atoms with Crippen molar-refractivity contribution >= 4 is 17.5 Å². The fourth-order valence-corrected chi connectivity index (χ4v) is 3.64. The Hall–Kier alpha value is -2.87. The molecule has 1 amide bonds. The van der Waals surface area contributed by atoms with Crippen molar-refractivity contribution in [2.45, 2.75) is 31.6 Å². The van der Waals surface area contributed by atoms with Gasteiger partial charge < -0.3 is 5.32 Å². The van der Waals surface area contributed by atoms with Gasteiger partial charge in [-0.2, -0.15) is 13.2 Å². The third-order valence-electron chi connectivity index (χ3n) is 4.88. The molecule has 5 nitrogen and oxygen atoms in total. The van der Waals surface area contributed by atoms with Gasteiger partial charge in [-0.25, -0.2) is 0 Å². The molecule has 150 valence electrons. The maximum absolute atomic E-state index is 13.1. The third-order valence-corrected chi connectivity index (χ3v) is 5.25. The van der Waals surface area contributed by atoms with E-state index in [1.54, 1.807) is 16.7 Å². The molecule has 1 N–H and O–H groups in total. The predicted octanol–water partition coefficient (Wildman–Crippen LogP) is 4.42. The first kappa shape index (κ1) is 19.4. The third kappa shape index (κ3) is 3.85. The number of amides is 1. The van der Waals surface area contributed by atoms with E-state index in [0.29, 0.717) is 23.7 Å². The molecule has 3 aromatic rings. The molecule has 0 aliphatic carbocycles. The fraction of sp³-hybridized carbons (Fsp3) is 0.250. The predicted molar refractivity (Wildman–Crippen MR) is 101 cm³/mol. The molecular formula is C20H16ClF3N4O. The van der Waals surface area contributed by atoms with Gasteiger partial charge in [0, 0.05) is 23.6 Å². The fourth-order valence-electron chi connectivity index (χ4n) is 3.44. The number of hydrogen-bond donors (Lipinski definition) is 1. The summed E-state index contributed by atoms with van der Waals surface area (Å²) >= 11 is 6.12. The summed E-state index contributed by atoms with van der Waals surface area (Å²) in [5, 5.41) is 11.5. The molecule has 1 aromatic heterocycles. The average molecular weight is 421 g/mol. The van der Waals surface area contributed by atoms with Gasteiger partial charge in [0.25, 0.3) is 0 Å². The molecule has 0 saturated carbocycles. The zero-order valence-corrected chi connectivity index (χ0v) is 15.8. The number of carbonyl (C=O) groups is 1. The minimum absolute atomic E-state index is 0.251. The molecule has 4 rings (SSSR count). The number of carbonyl (C=O) groups excluding carboxylic acids is 1. The van der Waals surface area contributed by atoms with E-state index in [9.17, 15) is 18.0 Å². The van der Waals surface area contributed by atoms with Crippen LogP contribution in [0.4, 0.5) is 13.2 Å². The van der Waals surface area contributed by atoms with Crippen LogP contribution in [0.2, 0.25) is 5.02 Å². The minimum Gasteiger partial charge on any atom is -0.350 e. The number of nitrogens with zero attached hydrogens (tertiary/aromatic N) is 3. The van der Waals surface area contributed by atoms with Crippen molar-refractivity contribution in [2.75, 3.05) is 0 Å². The van der Waals surface area contributed by atoms with Crippen LogP contribution in [0.15, 0.2) is 48.5 Å². The molecule has 1 aliphatic heterocycles. The molecule has 1 atom stereocenters. The van der Waals surface area contributed by atoms with Crippen LogP contribution in [0.5, 0.6) is 0 Å². The molecule has 2 heterocycles. The number of hydrogen-bond acceptors (Lipinski definition) is 3. The van der Waals surface area contributed by atoms with E-state index >= 15 is 0 Å². The number of alkyl halides is 3. The normalized spacial score (nSPS) is 15.9. The maximum atomic E-state index is 13.1. The molecule has 0 radical (unpaired) electrons. The van der Waals surface area contributed by atoms with Gasteiger partial charge >= 0.3 is 6.18 Å². The first-order chi connectivity index (χ1) is 13.8. The molecule has 0 bridgehead atoms. The molecule has 2 aromatic carbocycles. The number of halogens is 4. The number of aromatic nitrogens is 3. The summed E-state index contributed by atoms with van der Waals surface area (Å²) in [7, 11) is 0. The lowest BCUT2D eigenvalue weighted by molar-refractivity contribution is -0.137. The van der Waals surface area contributed by atoms with Crippen molar-refractivity contribution in [3.05, 3.63) is 70.5 Å². The van der Waals surface area contributed by atoms with Crippen LogP contribution in [0, 0.1) is 0 Å². The van der Waals surface area contributed by atoms with Crippen molar-refractivity contribution < 1.29 is 18.0 Å². The summed E-state index contributed by atoms with van der Waals surface area (Å²) in [5.41, 5.74) is 0.275. The van der Waals surface area contributed by atoms with Crippen LogP contribution in [-0.4, -0.2) is 20.7 Å². The second kappa shape index (κ2) is 7.51. The Morgan fingerprint density at radius 3 is 2.72 bits per heavy atom. The lowest BCUT2D eigenvalue weighted by Crippen LogP contribution is -2.31. The molecule has 29 heavy (non-hydrogen) atoms. The van der Waals surface area contributed by atoms with Crippen LogP contribution >= 0.6 is 11.6 Å². The molecule has 1 aliphatic rings. The molecule has 0 spiro atoms. The van der Waals surface area contributed by atoms with Crippen molar-refractivity contribution in [3.63, 3.8) is 0 Å². The van der Waals surface area contributed by atoms with Gasteiger partial charge in [-0.3, -0.25) is 9.36 Å². The Morgan fingerprint density at radius 2 is 1.97 bits per heavy atom. The monoisotopic (exact) mass is 420 g/mol. The van der Waals surface area contributed by atoms with Gasteiger partial charge in [0.15, 0.2) is 5.82 Å². The Morgan fingerprint density at radius 1 is 1.17 bits per heavy atom. The summed E-state index contributed by atoms with van der Waals surface area (Å²) < 4.78 is 40.8. The summed E-state index contributed by atoms with van der Waals surface area (Å²) in [6, 6.07) is 11.5. The van der Waals surface area contributed by atoms with Crippen LogP contribution < -0.4 is 5.32 Å². The summed E-state index contributed by atoms with van der Waals surface area (Å²) in [5.74, 6) is 0.577. The van der Waals surface area contributed by atoms with Crippen LogP contribution in [0.25, 0.3) is 11.4 Å². The van der Waals surface area contributed by atoms with E-state index in [0.717, 1.165) is 17.7 Å². The van der Waals surface area contributed by atoms with Crippen molar-refractivity contribution in [1.29, 1.82) is 0 Å². The molecule has 0 saturated heterocycles. The number of aryl methyl sites for hydroxylation is 1. The quantitative estimate of drug-likeness (QED) is 0.679. The molecule has 0 fully saturated rings. The largest absolute Gasteiger partial charge is 0.416 e. The summed E-state index contributed by atoms with van der Waals surface area (Å²) in [6.45, 7) is 0.255. The first-order valence-corrected chi connectivity index (χ1v) is 9.35. The van der Waals surface area contributed by atoms with Gasteiger partial charge in [0.1, 0.15) is 11.9 Å². The van der Waals surface area contributed by atoms with Crippen LogP contribution in [-0.2, 0) is 23.9 Å². The zero-order valence-electron chi connectivity index (χ0n) is 15.1. The lowest BCUT2D eigenvalue weighted by atomic mass is 10.1. The Bertz CT molecular complexity index is 1060. The SMILES string of the molecule is O=C(NCc1ccccc1Cl)C1CCc2nnc(-c3cccc(C(F)(F)F)c3)n21. The number of fused-ring (bicyclic) bond motifs is 1. The van der Waals surface area contributed by atoms with Crippen molar-refractivity contribution in [2.24, 2.45) is 0 Å².